The Morgan fingerprint density at radius 2 is 1.81 bits per heavy atom. The van der Waals surface area contributed by atoms with E-state index in [1.807, 2.05) is 12.1 Å². The van der Waals surface area contributed by atoms with Gasteiger partial charge < -0.3 is 24.6 Å². The van der Waals surface area contributed by atoms with Crippen LogP contribution in [-0.2, 0) is 4.79 Å². The van der Waals surface area contributed by atoms with E-state index < -0.39 is 0 Å². The number of nitrogens with one attached hydrogen (secondary N) is 2. The average Bonchev–Trinajstić information content (AvgIpc) is 2.77. The van der Waals surface area contributed by atoms with Gasteiger partial charge in [-0.25, -0.2) is 0 Å². The van der Waals surface area contributed by atoms with E-state index in [0.29, 0.717) is 19.7 Å². The maximum Gasteiger partial charge on any atom is 0.275 e. The smallest absolute Gasteiger partial charge is 0.275 e. The average molecular weight is 427 g/mol. The van der Waals surface area contributed by atoms with E-state index in [-0.39, 0.29) is 5.91 Å². The Bertz CT molecular complexity index is 859. The largest absolute Gasteiger partial charge is 0.497 e. The Balaban J connectivity index is 1.32. The number of rotatable bonds is 9. The van der Waals surface area contributed by atoms with Crippen LogP contribution in [0.5, 0.6) is 11.5 Å². The van der Waals surface area contributed by atoms with Crippen LogP contribution in [-0.4, -0.2) is 58.9 Å². The molecule has 1 fully saturated rings. The minimum atomic E-state index is 0.121. The molecule has 1 heterocycles. The van der Waals surface area contributed by atoms with E-state index in [9.17, 15) is 4.79 Å². The number of nitrogens with zero attached hydrogens (tertiary/aromatic N) is 1. The standard InChI is InChI=1S/C25H35N3O3/c1-19-16-20(2)21(3)24(17-19)31-15-5-10-26-25(29)18-27-11-13-28(14-12-27)22-6-8-23(30-4)9-7-22/h6-9,16-17H,5,10-15,18H2,1-4H3,(H,26,29)/p+1. The van der Waals surface area contributed by atoms with Crippen molar-refractivity contribution in [3.63, 3.8) is 0 Å². The van der Waals surface area contributed by atoms with E-state index >= 15 is 0 Å². The van der Waals surface area contributed by atoms with Crippen molar-refractivity contribution < 1.29 is 19.2 Å². The summed E-state index contributed by atoms with van der Waals surface area (Å²) >= 11 is 0. The first kappa shape index (κ1) is 22.9. The summed E-state index contributed by atoms with van der Waals surface area (Å²) in [6, 6.07) is 12.4. The van der Waals surface area contributed by atoms with Crippen LogP contribution in [0.2, 0.25) is 0 Å². The van der Waals surface area contributed by atoms with Crippen molar-refractivity contribution >= 4 is 11.6 Å². The van der Waals surface area contributed by atoms with Gasteiger partial charge in [-0.1, -0.05) is 6.07 Å². The minimum Gasteiger partial charge on any atom is -0.497 e. The van der Waals surface area contributed by atoms with Gasteiger partial charge in [0.2, 0.25) is 0 Å². The molecule has 0 atom stereocenters. The molecule has 0 spiro atoms. The van der Waals surface area contributed by atoms with Gasteiger partial charge >= 0.3 is 0 Å². The molecule has 1 amide bonds. The van der Waals surface area contributed by atoms with Gasteiger partial charge in [-0.3, -0.25) is 4.79 Å². The van der Waals surface area contributed by atoms with Crippen molar-refractivity contribution in [2.45, 2.75) is 27.2 Å². The fourth-order valence-electron chi connectivity index (χ4n) is 3.97. The Labute approximate surface area is 186 Å². The maximum atomic E-state index is 12.3. The highest BCUT2D eigenvalue weighted by Crippen LogP contribution is 2.23. The first-order valence-electron chi connectivity index (χ1n) is 11.2. The van der Waals surface area contributed by atoms with Gasteiger partial charge in [0.1, 0.15) is 11.5 Å². The number of hydrogen-bond donors (Lipinski definition) is 2. The highest BCUT2D eigenvalue weighted by Gasteiger charge is 2.22. The zero-order valence-corrected chi connectivity index (χ0v) is 19.3. The molecule has 31 heavy (non-hydrogen) atoms. The molecule has 6 nitrogen and oxygen atoms in total. The second-order valence-electron chi connectivity index (χ2n) is 8.37. The van der Waals surface area contributed by atoms with Crippen molar-refractivity contribution in [1.29, 1.82) is 0 Å². The van der Waals surface area contributed by atoms with Crippen molar-refractivity contribution in [2.75, 3.05) is 57.9 Å². The number of benzene rings is 2. The van der Waals surface area contributed by atoms with Crippen LogP contribution in [0, 0.1) is 20.8 Å². The molecular formula is C25H36N3O3+. The van der Waals surface area contributed by atoms with Gasteiger partial charge in [0, 0.05) is 12.2 Å². The Morgan fingerprint density at radius 1 is 1.10 bits per heavy atom. The lowest BCUT2D eigenvalue weighted by atomic mass is 10.1. The number of hydrogen-bond acceptors (Lipinski definition) is 4. The second-order valence-corrected chi connectivity index (χ2v) is 8.37. The molecule has 0 radical (unpaired) electrons. The van der Waals surface area contributed by atoms with E-state index in [2.05, 4.69) is 55.3 Å². The van der Waals surface area contributed by atoms with Crippen molar-refractivity contribution in [2.24, 2.45) is 0 Å². The highest BCUT2D eigenvalue weighted by atomic mass is 16.5. The van der Waals surface area contributed by atoms with Gasteiger partial charge in [0.25, 0.3) is 5.91 Å². The van der Waals surface area contributed by atoms with Crippen LogP contribution < -0.4 is 24.6 Å². The van der Waals surface area contributed by atoms with Gasteiger partial charge in [0.15, 0.2) is 6.54 Å². The monoisotopic (exact) mass is 426 g/mol. The van der Waals surface area contributed by atoms with Crippen LogP contribution >= 0.6 is 0 Å². The number of aryl methyl sites for hydroxylation is 2. The topological polar surface area (TPSA) is 55.2 Å². The molecule has 2 N–H and O–H groups in total. The molecule has 2 aromatic rings. The normalized spacial score (nSPS) is 14.4. The number of methoxy groups -OCH3 is 1. The van der Waals surface area contributed by atoms with Crippen molar-refractivity contribution in [3.8, 4) is 11.5 Å². The first-order chi connectivity index (χ1) is 15.0. The molecule has 3 rings (SSSR count). The Morgan fingerprint density at radius 3 is 2.48 bits per heavy atom. The molecule has 0 unspecified atom stereocenters. The summed E-state index contributed by atoms with van der Waals surface area (Å²) in [7, 11) is 1.68. The van der Waals surface area contributed by atoms with Gasteiger partial charge in [-0.2, -0.15) is 0 Å². The van der Waals surface area contributed by atoms with E-state index in [0.717, 1.165) is 44.1 Å². The molecule has 1 aliphatic rings. The molecule has 0 aromatic heterocycles. The molecule has 6 heteroatoms. The van der Waals surface area contributed by atoms with Crippen LogP contribution in [0.3, 0.4) is 0 Å². The van der Waals surface area contributed by atoms with E-state index in [1.54, 1.807) is 7.11 Å². The number of carbonyl (C=O) groups is 1. The third-order valence-electron chi connectivity index (χ3n) is 5.98. The predicted octanol–water partition coefficient (Wildman–Crippen LogP) is 1.91. The Hall–Kier alpha value is -2.73. The third-order valence-corrected chi connectivity index (χ3v) is 5.98. The molecule has 168 valence electrons. The molecule has 0 bridgehead atoms. The van der Waals surface area contributed by atoms with Crippen LogP contribution in [0.25, 0.3) is 0 Å². The van der Waals surface area contributed by atoms with Gasteiger partial charge in [-0.15, -0.1) is 0 Å². The number of ether oxygens (including phenoxy) is 2. The molecule has 2 aromatic carbocycles. The fraction of sp³-hybridized carbons (Fsp3) is 0.480. The zero-order valence-electron chi connectivity index (χ0n) is 19.3. The summed E-state index contributed by atoms with van der Waals surface area (Å²) in [6.07, 6.45) is 0.804. The molecule has 1 aliphatic heterocycles. The lowest BCUT2D eigenvalue weighted by Crippen LogP contribution is -3.15. The number of quaternary nitrogens is 1. The number of piperazine rings is 1. The lowest BCUT2D eigenvalue weighted by molar-refractivity contribution is -0.892. The summed E-state index contributed by atoms with van der Waals surface area (Å²) in [4.78, 5) is 16.0. The van der Waals surface area contributed by atoms with Crippen molar-refractivity contribution in [1.82, 2.24) is 5.32 Å². The molecular weight excluding hydrogens is 390 g/mol. The maximum absolute atomic E-state index is 12.3. The van der Waals surface area contributed by atoms with Gasteiger partial charge in [-0.05, 0) is 74.2 Å². The minimum absolute atomic E-state index is 0.121. The van der Waals surface area contributed by atoms with Crippen molar-refractivity contribution in [3.05, 3.63) is 53.1 Å². The summed E-state index contributed by atoms with van der Waals surface area (Å²) in [5, 5.41) is 3.04. The fourth-order valence-corrected chi connectivity index (χ4v) is 3.97. The zero-order chi connectivity index (χ0) is 22.2. The Kier molecular flexibility index (Phi) is 8.18. The highest BCUT2D eigenvalue weighted by molar-refractivity contribution is 5.76. The van der Waals surface area contributed by atoms with Crippen LogP contribution in [0.4, 0.5) is 5.69 Å². The number of anilines is 1. The van der Waals surface area contributed by atoms with Crippen LogP contribution in [0.1, 0.15) is 23.1 Å². The number of amides is 1. The second kappa shape index (κ2) is 11.0. The quantitative estimate of drug-likeness (QED) is 0.602. The molecule has 0 aliphatic carbocycles. The third kappa shape index (κ3) is 6.62. The summed E-state index contributed by atoms with van der Waals surface area (Å²) in [5.74, 6) is 1.94. The summed E-state index contributed by atoms with van der Waals surface area (Å²) in [5.41, 5.74) is 4.86. The van der Waals surface area contributed by atoms with E-state index in [4.69, 9.17) is 9.47 Å². The summed E-state index contributed by atoms with van der Waals surface area (Å²) in [6.45, 7) is 11.9. The molecule has 0 saturated carbocycles. The predicted molar refractivity (Wildman–Crippen MR) is 125 cm³/mol. The summed E-state index contributed by atoms with van der Waals surface area (Å²) < 4.78 is 11.2. The first-order valence-corrected chi connectivity index (χ1v) is 11.2. The molecule has 1 saturated heterocycles. The lowest BCUT2D eigenvalue weighted by Gasteiger charge is -2.33. The van der Waals surface area contributed by atoms with Gasteiger partial charge in [0.05, 0.1) is 39.9 Å². The number of carbonyl (C=O) groups excluding carboxylic acids is 1. The van der Waals surface area contributed by atoms with E-state index in [1.165, 1.54) is 27.3 Å². The SMILES string of the molecule is COc1ccc(N2CC[NH+](CC(=O)NCCCOc3cc(C)cc(C)c3C)CC2)cc1. The van der Waals surface area contributed by atoms with Crippen LogP contribution in [0.15, 0.2) is 36.4 Å².